The number of carboxylic acids is 2. The van der Waals surface area contributed by atoms with Crippen LogP contribution in [-0.4, -0.2) is 28.4 Å². The number of hydrogen-bond donors (Lipinski definition) is 2. The van der Waals surface area contributed by atoms with E-state index in [1.54, 1.807) is 0 Å². The van der Waals surface area contributed by atoms with E-state index in [2.05, 4.69) is 0 Å². The van der Waals surface area contributed by atoms with Crippen molar-refractivity contribution in [3.8, 4) is 0 Å². The van der Waals surface area contributed by atoms with Gasteiger partial charge in [0.05, 0.1) is 0 Å². The minimum Gasteiger partial charge on any atom is -0.477 e. The van der Waals surface area contributed by atoms with Gasteiger partial charge in [0.2, 0.25) is 0 Å². The molecule has 0 amide bonds. The highest BCUT2D eigenvalue weighted by atomic mass is 16.4. The van der Waals surface area contributed by atoms with E-state index in [-0.39, 0.29) is 6.29 Å². The molecule has 10 heavy (non-hydrogen) atoms. The zero-order valence-corrected chi connectivity index (χ0v) is 4.77. The Morgan fingerprint density at radius 2 is 1.50 bits per heavy atom. The maximum absolute atomic E-state index is 9.92. The smallest absolute Gasteiger partial charge is 0.343 e. The lowest BCUT2D eigenvalue weighted by Crippen LogP contribution is -2.11. The van der Waals surface area contributed by atoms with Gasteiger partial charge in [0.25, 0.3) is 0 Å². The largest absolute Gasteiger partial charge is 0.477 e. The van der Waals surface area contributed by atoms with Gasteiger partial charge >= 0.3 is 11.9 Å². The van der Waals surface area contributed by atoms with Crippen LogP contribution in [0, 0.1) is 0 Å². The third-order valence-electron chi connectivity index (χ3n) is 0.696. The van der Waals surface area contributed by atoms with Crippen LogP contribution in [0.25, 0.3) is 0 Å². The van der Waals surface area contributed by atoms with Crippen molar-refractivity contribution in [3.05, 3.63) is 11.6 Å². The van der Waals surface area contributed by atoms with Gasteiger partial charge in [-0.05, 0) is 6.08 Å². The van der Waals surface area contributed by atoms with Gasteiger partial charge in [-0.15, -0.1) is 0 Å². The second-order valence-corrected chi connectivity index (χ2v) is 1.33. The predicted molar refractivity (Wildman–Crippen MR) is 29.4 cm³/mol. The number of hydrogen-bond acceptors (Lipinski definition) is 3. The second kappa shape index (κ2) is 3.39. The lowest BCUT2D eigenvalue weighted by molar-refractivity contribution is -0.140. The third-order valence-corrected chi connectivity index (χ3v) is 0.696. The van der Waals surface area contributed by atoms with Gasteiger partial charge in [0.15, 0.2) is 0 Å². The molecule has 0 heterocycles. The minimum absolute atomic E-state index is 0.109. The normalized spacial score (nSPS) is 8.00. The molecule has 5 heteroatoms. The molecule has 5 nitrogen and oxygen atoms in total. The van der Waals surface area contributed by atoms with Gasteiger partial charge in [-0.1, -0.05) is 0 Å². The zero-order valence-electron chi connectivity index (χ0n) is 4.77. The molecule has 0 aromatic heterocycles. The highest BCUT2D eigenvalue weighted by molar-refractivity contribution is 6.14. The van der Waals surface area contributed by atoms with E-state index in [4.69, 9.17) is 10.2 Å². The molecule has 0 aromatic carbocycles. The fourth-order valence-corrected chi connectivity index (χ4v) is 0.302. The molecular weight excluding hydrogens is 140 g/mol. The molecule has 0 saturated heterocycles. The summed E-state index contributed by atoms with van der Waals surface area (Å²) < 4.78 is 0. The number of aldehydes is 1. The summed E-state index contributed by atoms with van der Waals surface area (Å²) in [5.41, 5.74) is -0.935. The van der Waals surface area contributed by atoms with Crippen molar-refractivity contribution in [2.24, 2.45) is 0 Å². The summed E-state index contributed by atoms with van der Waals surface area (Å²) in [4.78, 5) is 29.5. The van der Waals surface area contributed by atoms with Crippen LogP contribution in [-0.2, 0) is 14.4 Å². The Labute approximate surface area is 55.6 Å². The molecule has 0 fully saturated rings. The molecule has 0 radical (unpaired) electrons. The van der Waals surface area contributed by atoms with E-state index in [0.717, 1.165) is 0 Å². The zero-order chi connectivity index (χ0) is 8.15. The molecule has 0 atom stereocenters. The lowest BCUT2D eigenvalue weighted by atomic mass is 10.3. The molecular formula is C5H4O5. The molecule has 0 aliphatic heterocycles. The minimum atomic E-state index is -1.63. The molecule has 0 saturated carbocycles. The van der Waals surface area contributed by atoms with E-state index in [1.165, 1.54) is 0 Å². The predicted octanol–water partition coefficient (Wildman–Crippen LogP) is -0.719. The number of carbonyl (C=O) groups excluding carboxylic acids is 1. The Morgan fingerprint density at radius 1 is 1.10 bits per heavy atom. The van der Waals surface area contributed by atoms with Crippen molar-refractivity contribution in [3.63, 3.8) is 0 Å². The average molecular weight is 144 g/mol. The Kier molecular flexibility index (Phi) is 2.83. The van der Waals surface area contributed by atoms with Crippen molar-refractivity contribution < 1.29 is 24.6 Å². The average Bonchev–Trinajstić information content (AvgIpc) is 1.81. The number of allylic oxidation sites excluding steroid dienone is 1. The molecule has 0 aliphatic carbocycles. The summed E-state index contributed by atoms with van der Waals surface area (Å²) in [5, 5.41) is 16.1. The van der Waals surface area contributed by atoms with Crippen LogP contribution in [0.1, 0.15) is 0 Å². The number of carboxylic acid groups (broad SMARTS) is 2. The maximum Gasteiger partial charge on any atom is 0.343 e. The summed E-state index contributed by atoms with van der Waals surface area (Å²) in [6.45, 7) is 0. The fourth-order valence-electron chi connectivity index (χ4n) is 0.302. The third kappa shape index (κ3) is 2.08. The van der Waals surface area contributed by atoms with Gasteiger partial charge in [-0.3, -0.25) is 4.79 Å². The van der Waals surface area contributed by atoms with Gasteiger partial charge in [-0.25, -0.2) is 9.59 Å². The highest BCUT2D eigenvalue weighted by Crippen LogP contribution is 1.91. The van der Waals surface area contributed by atoms with Gasteiger partial charge < -0.3 is 10.2 Å². The van der Waals surface area contributed by atoms with E-state index >= 15 is 0 Å². The van der Waals surface area contributed by atoms with Gasteiger partial charge in [0, 0.05) is 0 Å². The van der Waals surface area contributed by atoms with Gasteiger partial charge in [-0.2, -0.15) is 0 Å². The molecule has 0 spiro atoms. The van der Waals surface area contributed by atoms with Crippen LogP contribution in [0.4, 0.5) is 0 Å². The van der Waals surface area contributed by atoms with E-state index in [0.29, 0.717) is 6.08 Å². The molecule has 0 aromatic rings. The van der Waals surface area contributed by atoms with Crippen LogP contribution in [0.5, 0.6) is 0 Å². The Bertz CT molecular complexity index is 186. The Balaban J connectivity index is 4.58. The molecule has 0 unspecified atom stereocenters. The summed E-state index contributed by atoms with van der Waals surface area (Å²) in [5.74, 6) is -3.25. The first-order valence-electron chi connectivity index (χ1n) is 2.21. The summed E-state index contributed by atoms with van der Waals surface area (Å²) >= 11 is 0. The molecule has 0 rings (SSSR count). The summed E-state index contributed by atoms with van der Waals surface area (Å²) in [6.07, 6.45) is 0.586. The topological polar surface area (TPSA) is 91.7 Å². The van der Waals surface area contributed by atoms with Gasteiger partial charge in [0.1, 0.15) is 11.9 Å². The van der Waals surface area contributed by atoms with Crippen molar-refractivity contribution in [1.29, 1.82) is 0 Å². The molecule has 2 N–H and O–H groups in total. The van der Waals surface area contributed by atoms with Crippen LogP contribution in [0.15, 0.2) is 11.6 Å². The Morgan fingerprint density at radius 3 is 1.60 bits per heavy atom. The second-order valence-electron chi connectivity index (χ2n) is 1.33. The number of carbonyl (C=O) groups is 3. The quantitative estimate of drug-likeness (QED) is 0.236. The van der Waals surface area contributed by atoms with E-state index in [9.17, 15) is 14.4 Å². The molecule has 54 valence electrons. The van der Waals surface area contributed by atoms with Crippen LogP contribution in [0.2, 0.25) is 0 Å². The van der Waals surface area contributed by atoms with E-state index < -0.39 is 17.5 Å². The SMILES string of the molecule is O=CC=C(C(=O)O)C(=O)O. The first kappa shape index (κ1) is 8.35. The van der Waals surface area contributed by atoms with E-state index in [1.807, 2.05) is 0 Å². The number of aliphatic carboxylic acids is 2. The van der Waals surface area contributed by atoms with Crippen molar-refractivity contribution in [2.75, 3.05) is 0 Å². The fraction of sp³-hybridized carbons (Fsp3) is 0. The molecule has 0 bridgehead atoms. The van der Waals surface area contributed by atoms with Crippen molar-refractivity contribution in [1.82, 2.24) is 0 Å². The number of rotatable bonds is 3. The first-order chi connectivity index (χ1) is 4.59. The lowest BCUT2D eigenvalue weighted by Gasteiger charge is -1.88. The highest BCUT2D eigenvalue weighted by Gasteiger charge is 2.14. The Hall–Kier alpha value is -1.65. The van der Waals surface area contributed by atoms with Crippen molar-refractivity contribution >= 4 is 18.2 Å². The molecule has 0 aliphatic rings. The summed E-state index contributed by atoms with van der Waals surface area (Å²) in [6, 6.07) is 0. The van der Waals surface area contributed by atoms with Crippen LogP contribution in [0.3, 0.4) is 0 Å². The van der Waals surface area contributed by atoms with Crippen LogP contribution < -0.4 is 0 Å². The maximum atomic E-state index is 9.92. The standard InChI is InChI=1S/C5H4O5/c6-2-1-3(4(7)8)5(9)10/h1-2H,(H,7,8)(H,9,10). The first-order valence-corrected chi connectivity index (χ1v) is 2.21. The van der Waals surface area contributed by atoms with Crippen molar-refractivity contribution in [2.45, 2.75) is 0 Å². The summed E-state index contributed by atoms with van der Waals surface area (Å²) in [7, 11) is 0. The monoisotopic (exact) mass is 144 g/mol. The van der Waals surface area contributed by atoms with Crippen LogP contribution >= 0.6 is 0 Å².